The smallest absolute Gasteiger partial charge is 0.251 e. The summed E-state index contributed by atoms with van der Waals surface area (Å²) in [5, 5.41) is 0. The van der Waals surface area contributed by atoms with Gasteiger partial charge in [0.15, 0.2) is 5.82 Å². The molecule has 1 amide bonds. The fourth-order valence-corrected chi connectivity index (χ4v) is 3.87. The molecule has 1 fully saturated rings. The Bertz CT molecular complexity index is 1110. The quantitative estimate of drug-likeness (QED) is 0.706. The highest BCUT2D eigenvalue weighted by Gasteiger charge is 2.29. The number of pyridine rings is 1. The lowest BCUT2D eigenvalue weighted by molar-refractivity contribution is -0.129. The topological polar surface area (TPSA) is 88.2 Å². The average Bonchev–Trinajstić information content (AvgIpc) is 3.25. The van der Waals surface area contributed by atoms with Crippen molar-refractivity contribution in [3.05, 3.63) is 75.8 Å². The highest BCUT2D eigenvalue weighted by atomic mass is 16.5. The van der Waals surface area contributed by atoms with Gasteiger partial charge < -0.3 is 14.6 Å². The lowest BCUT2D eigenvalue weighted by Crippen LogP contribution is -2.30. The van der Waals surface area contributed by atoms with Crippen molar-refractivity contribution in [2.75, 3.05) is 20.2 Å². The molecule has 0 unspecified atom stereocenters. The number of aryl methyl sites for hydroxylation is 1. The van der Waals surface area contributed by atoms with Crippen LogP contribution in [0.5, 0.6) is 5.75 Å². The Balaban J connectivity index is 1.47. The Morgan fingerprint density at radius 3 is 2.87 bits per heavy atom. The van der Waals surface area contributed by atoms with Gasteiger partial charge in [0.25, 0.3) is 5.56 Å². The molecule has 2 aromatic heterocycles. The number of nitrogens with zero attached hydrogens (tertiary/aromatic N) is 3. The SMILES string of the molecule is COc1ccc(CC(=O)N2CC[C@@H](c3cc(=O)[nH]c(-c4ccccn4)n3)C2)cc1C. The van der Waals surface area contributed by atoms with Crippen molar-refractivity contribution in [3.63, 3.8) is 0 Å². The maximum absolute atomic E-state index is 12.8. The summed E-state index contributed by atoms with van der Waals surface area (Å²) in [6.45, 7) is 3.19. The molecule has 7 heteroatoms. The Hall–Kier alpha value is -3.48. The molecule has 3 aromatic rings. The van der Waals surface area contributed by atoms with E-state index in [-0.39, 0.29) is 17.4 Å². The van der Waals surface area contributed by atoms with Crippen LogP contribution in [0.1, 0.15) is 29.2 Å². The fourth-order valence-electron chi connectivity index (χ4n) is 3.87. The van der Waals surface area contributed by atoms with E-state index in [0.717, 1.165) is 23.3 Å². The van der Waals surface area contributed by atoms with Crippen LogP contribution in [-0.2, 0) is 11.2 Å². The van der Waals surface area contributed by atoms with Gasteiger partial charge in [-0.15, -0.1) is 0 Å². The maximum atomic E-state index is 12.8. The minimum absolute atomic E-state index is 0.0383. The monoisotopic (exact) mass is 404 g/mol. The summed E-state index contributed by atoms with van der Waals surface area (Å²) in [7, 11) is 1.64. The van der Waals surface area contributed by atoms with E-state index >= 15 is 0 Å². The van der Waals surface area contributed by atoms with Crippen molar-refractivity contribution in [1.82, 2.24) is 19.9 Å². The number of benzene rings is 1. The van der Waals surface area contributed by atoms with Crippen LogP contribution >= 0.6 is 0 Å². The molecular formula is C23H24N4O3. The lowest BCUT2D eigenvalue weighted by atomic mass is 10.0. The summed E-state index contributed by atoms with van der Waals surface area (Å²) < 4.78 is 5.28. The summed E-state index contributed by atoms with van der Waals surface area (Å²) in [6, 6.07) is 12.8. The molecule has 1 aliphatic rings. The molecule has 1 aromatic carbocycles. The summed E-state index contributed by atoms with van der Waals surface area (Å²) in [6.07, 6.45) is 2.80. The first-order chi connectivity index (χ1) is 14.5. The van der Waals surface area contributed by atoms with Gasteiger partial charge in [-0.1, -0.05) is 18.2 Å². The second-order valence-electron chi connectivity index (χ2n) is 7.54. The molecule has 154 valence electrons. The van der Waals surface area contributed by atoms with Crippen LogP contribution in [0, 0.1) is 6.92 Å². The largest absolute Gasteiger partial charge is 0.496 e. The second kappa shape index (κ2) is 8.49. The molecule has 1 saturated heterocycles. The number of amides is 1. The molecule has 1 atom stereocenters. The lowest BCUT2D eigenvalue weighted by Gasteiger charge is -2.17. The van der Waals surface area contributed by atoms with Gasteiger partial charge in [0.05, 0.1) is 19.2 Å². The average molecular weight is 404 g/mol. The Labute approximate surface area is 174 Å². The van der Waals surface area contributed by atoms with Crippen molar-refractivity contribution in [1.29, 1.82) is 0 Å². The third-order valence-electron chi connectivity index (χ3n) is 5.44. The van der Waals surface area contributed by atoms with E-state index in [1.165, 1.54) is 6.07 Å². The van der Waals surface area contributed by atoms with Crippen LogP contribution < -0.4 is 10.3 Å². The van der Waals surface area contributed by atoms with Crippen LogP contribution in [-0.4, -0.2) is 46.0 Å². The van der Waals surface area contributed by atoms with Crippen LogP contribution in [0.4, 0.5) is 0 Å². The van der Waals surface area contributed by atoms with Crippen molar-refractivity contribution in [2.24, 2.45) is 0 Å². The van der Waals surface area contributed by atoms with Gasteiger partial charge in [0, 0.05) is 31.3 Å². The zero-order chi connectivity index (χ0) is 21.1. The maximum Gasteiger partial charge on any atom is 0.251 e. The number of likely N-dealkylation sites (tertiary alicyclic amines) is 1. The third kappa shape index (κ3) is 4.25. The molecule has 1 aliphatic heterocycles. The number of hydrogen-bond donors (Lipinski definition) is 1. The van der Waals surface area contributed by atoms with Crippen molar-refractivity contribution in [2.45, 2.75) is 25.7 Å². The van der Waals surface area contributed by atoms with Gasteiger partial charge >= 0.3 is 0 Å². The molecule has 0 radical (unpaired) electrons. The number of ether oxygens (including phenoxy) is 1. The molecule has 1 N–H and O–H groups in total. The second-order valence-corrected chi connectivity index (χ2v) is 7.54. The molecule has 7 nitrogen and oxygen atoms in total. The summed E-state index contributed by atoms with van der Waals surface area (Å²) in [5.74, 6) is 1.39. The predicted octanol–water partition coefficient (Wildman–Crippen LogP) is 2.71. The molecular weight excluding hydrogens is 380 g/mol. The highest BCUT2D eigenvalue weighted by Crippen LogP contribution is 2.27. The number of aromatic nitrogens is 3. The Morgan fingerprint density at radius 2 is 2.13 bits per heavy atom. The zero-order valence-corrected chi connectivity index (χ0v) is 17.1. The highest BCUT2D eigenvalue weighted by molar-refractivity contribution is 5.79. The van der Waals surface area contributed by atoms with Gasteiger partial charge in [-0.25, -0.2) is 4.98 Å². The number of carbonyl (C=O) groups excluding carboxylic acids is 1. The number of methoxy groups -OCH3 is 1. The number of carbonyl (C=O) groups is 1. The first kappa shape index (κ1) is 19.8. The molecule has 0 aliphatic carbocycles. The molecule has 3 heterocycles. The molecule has 0 spiro atoms. The Kier molecular flexibility index (Phi) is 5.61. The minimum Gasteiger partial charge on any atom is -0.496 e. The first-order valence-electron chi connectivity index (χ1n) is 9.97. The molecule has 0 bridgehead atoms. The third-order valence-corrected chi connectivity index (χ3v) is 5.44. The van der Waals surface area contributed by atoms with Crippen molar-refractivity contribution < 1.29 is 9.53 Å². The number of nitrogens with one attached hydrogen (secondary N) is 1. The summed E-state index contributed by atoms with van der Waals surface area (Å²) in [5.41, 5.74) is 3.09. The van der Waals surface area contributed by atoms with Crippen LogP contribution in [0.2, 0.25) is 0 Å². The van der Waals surface area contributed by atoms with E-state index < -0.39 is 0 Å². The first-order valence-corrected chi connectivity index (χ1v) is 9.97. The number of H-pyrrole nitrogens is 1. The normalized spacial score (nSPS) is 15.9. The molecule has 4 rings (SSSR count). The van der Waals surface area contributed by atoms with Gasteiger partial charge in [0.1, 0.15) is 11.4 Å². The van der Waals surface area contributed by atoms with E-state index in [1.807, 2.05) is 48.2 Å². The van der Waals surface area contributed by atoms with Gasteiger partial charge in [-0.2, -0.15) is 0 Å². The summed E-state index contributed by atoms with van der Waals surface area (Å²) >= 11 is 0. The van der Waals surface area contributed by atoms with Gasteiger partial charge in [-0.05, 0) is 42.7 Å². The number of hydrogen-bond acceptors (Lipinski definition) is 5. The minimum atomic E-state index is -0.209. The molecule has 0 saturated carbocycles. The van der Waals surface area contributed by atoms with Crippen LogP contribution in [0.15, 0.2) is 53.5 Å². The molecule has 30 heavy (non-hydrogen) atoms. The van der Waals surface area contributed by atoms with Crippen LogP contribution in [0.25, 0.3) is 11.5 Å². The van der Waals surface area contributed by atoms with E-state index in [0.29, 0.717) is 36.7 Å². The predicted molar refractivity (Wildman–Crippen MR) is 113 cm³/mol. The van der Waals surface area contributed by atoms with E-state index in [2.05, 4.69) is 15.0 Å². The van der Waals surface area contributed by atoms with Crippen molar-refractivity contribution >= 4 is 5.91 Å². The van der Waals surface area contributed by atoms with Gasteiger partial charge in [-0.3, -0.25) is 14.6 Å². The standard InChI is InChI=1S/C23H24N4O3/c1-15-11-16(6-7-20(15)30-2)12-22(29)27-10-8-17(14-27)19-13-21(28)26-23(25-19)18-5-3-4-9-24-18/h3-7,9,11,13,17H,8,10,12,14H2,1-2H3,(H,25,26,28)/t17-/m1/s1. The summed E-state index contributed by atoms with van der Waals surface area (Å²) in [4.78, 5) is 38.5. The van der Waals surface area contributed by atoms with Crippen LogP contribution in [0.3, 0.4) is 0 Å². The fraction of sp³-hybridized carbons (Fsp3) is 0.304. The Morgan fingerprint density at radius 1 is 1.27 bits per heavy atom. The van der Waals surface area contributed by atoms with Crippen molar-refractivity contribution in [3.8, 4) is 17.3 Å². The number of aromatic amines is 1. The van der Waals surface area contributed by atoms with E-state index in [1.54, 1.807) is 13.3 Å². The van der Waals surface area contributed by atoms with Gasteiger partial charge in [0.2, 0.25) is 5.91 Å². The van der Waals surface area contributed by atoms with E-state index in [9.17, 15) is 9.59 Å². The number of rotatable bonds is 5. The zero-order valence-electron chi connectivity index (χ0n) is 17.1. The van der Waals surface area contributed by atoms with E-state index in [4.69, 9.17) is 4.74 Å².